The molecule has 1 aromatic carbocycles. The van der Waals surface area contributed by atoms with Gasteiger partial charge in [-0.25, -0.2) is 4.84 Å². The molecule has 152 valence electrons. The van der Waals surface area contributed by atoms with Crippen LogP contribution in [0.5, 0.6) is 0 Å². The van der Waals surface area contributed by atoms with Gasteiger partial charge < -0.3 is 15.1 Å². The monoisotopic (exact) mass is 392 g/mol. The zero-order chi connectivity index (χ0) is 20.4. The van der Waals surface area contributed by atoms with Gasteiger partial charge in [0.25, 0.3) is 12.1 Å². The molecule has 1 saturated heterocycles. The Morgan fingerprint density at radius 2 is 1.96 bits per heavy atom. The fourth-order valence-corrected chi connectivity index (χ4v) is 2.74. The molecule has 1 amide bonds. The van der Waals surface area contributed by atoms with E-state index in [4.69, 9.17) is 0 Å². The molecule has 10 heteroatoms. The zero-order valence-corrected chi connectivity index (χ0v) is 15.6. The van der Waals surface area contributed by atoms with Crippen molar-refractivity contribution in [2.45, 2.75) is 45.3 Å². The van der Waals surface area contributed by atoms with Crippen LogP contribution < -0.4 is 10.2 Å². The minimum atomic E-state index is -4.82. The van der Waals surface area contributed by atoms with Crippen LogP contribution >= 0.6 is 0 Å². The van der Waals surface area contributed by atoms with Gasteiger partial charge in [-0.3, -0.25) is 4.79 Å². The van der Waals surface area contributed by atoms with Crippen molar-refractivity contribution in [1.82, 2.24) is 15.5 Å². The number of nitrogens with zero attached hydrogens (tertiary/aromatic N) is 3. The van der Waals surface area contributed by atoms with Gasteiger partial charge in [0.1, 0.15) is 6.67 Å². The number of alkyl halides is 3. The van der Waals surface area contributed by atoms with Gasteiger partial charge in [-0.05, 0) is 40.0 Å². The molecule has 1 aliphatic heterocycles. The molecular formula is C17H24F4N4O2. The maximum atomic E-state index is 13.4. The number of amides is 1. The summed E-state index contributed by atoms with van der Waals surface area (Å²) in [6.45, 7) is 5.64. The molecule has 0 spiro atoms. The highest BCUT2D eigenvalue weighted by Gasteiger charge is 2.52. The number of hydroxylamine groups is 1. The Morgan fingerprint density at radius 3 is 2.56 bits per heavy atom. The van der Waals surface area contributed by atoms with E-state index in [9.17, 15) is 22.4 Å². The first-order chi connectivity index (χ1) is 12.5. The third-order valence-electron chi connectivity index (χ3n) is 4.32. The Labute approximate surface area is 155 Å². The summed E-state index contributed by atoms with van der Waals surface area (Å²) in [6, 6.07) is 5.80. The number of hydrogen-bond acceptors (Lipinski definition) is 5. The van der Waals surface area contributed by atoms with Crippen molar-refractivity contribution in [3.63, 3.8) is 0 Å². The van der Waals surface area contributed by atoms with Crippen molar-refractivity contribution in [2.24, 2.45) is 0 Å². The zero-order valence-electron chi connectivity index (χ0n) is 15.6. The van der Waals surface area contributed by atoms with Crippen molar-refractivity contribution >= 4 is 11.6 Å². The minimum Gasteiger partial charge on any atom is -0.348 e. The summed E-state index contributed by atoms with van der Waals surface area (Å²) < 4.78 is 52.9. The third-order valence-corrected chi connectivity index (χ3v) is 4.32. The highest BCUT2D eigenvalue weighted by molar-refractivity contribution is 6.00. The molecule has 0 saturated carbocycles. The van der Waals surface area contributed by atoms with Gasteiger partial charge in [0, 0.05) is 23.9 Å². The Kier molecular flexibility index (Phi) is 6.66. The molecule has 2 rings (SSSR count). The fourth-order valence-electron chi connectivity index (χ4n) is 2.74. The predicted molar refractivity (Wildman–Crippen MR) is 92.4 cm³/mol. The molecule has 0 aromatic heterocycles. The first kappa shape index (κ1) is 21.4. The van der Waals surface area contributed by atoms with E-state index in [0.29, 0.717) is 11.4 Å². The number of benzene rings is 1. The second-order valence-corrected chi connectivity index (χ2v) is 6.85. The lowest BCUT2D eigenvalue weighted by Crippen LogP contribution is -2.45. The van der Waals surface area contributed by atoms with Crippen molar-refractivity contribution in [3.05, 3.63) is 29.8 Å². The largest absolute Gasteiger partial charge is 0.435 e. The van der Waals surface area contributed by atoms with Crippen molar-refractivity contribution in [2.75, 3.05) is 25.2 Å². The average Bonchev–Trinajstić information content (AvgIpc) is 2.96. The number of likely N-dealkylation sites (N-methyl/N-ethyl adjacent to an activating group) is 1. The summed E-state index contributed by atoms with van der Waals surface area (Å²) in [5, 5.41) is 2.38. The summed E-state index contributed by atoms with van der Waals surface area (Å²) >= 11 is 0. The van der Waals surface area contributed by atoms with Crippen LogP contribution in [0, 0.1) is 0 Å². The highest BCUT2D eigenvalue weighted by atomic mass is 19.4. The molecule has 0 radical (unpaired) electrons. The summed E-state index contributed by atoms with van der Waals surface area (Å²) in [4.78, 5) is 19.6. The molecule has 1 heterocycles. The van der Waals surface area contributed by atoms with Crippen LogP contribution in [0.1, 0.15) is 31.1 Å². The highest BCUT2D eigenvalue weighted by Crippen LogP contribution is 2.36. The SMILES string of the molecule is CC(CN(C)C(C)C)NC(=O)c1ccccc1N1CN(F)O[C@@H]1C(F)(F)F. The lowest BCUT2D eigenvalue weighted by atomic mass is 10.1. The lowest BCUT2D eigenvalue weighted by Gasteiger charge is -2.28. The molecule has 0 bridgehead atoms. The Bertz CT molecular complexity index is 656. The Balaban J connectivity index is 2.21. The number of anilines is 1. The van der Waals surface area contributed by atoms with Gasteiger partial charge >= 0.3 is 6.18 Å². The van der Waals surface area contributed by atoms with Gasteiger partial charge in [-0.15, -0.1) is 4.48 Å². The van der Waals surface area contributed by atoms with E-state index in [0.717, 1.165) is 0 Å². The number of halogens is 4. The molecule has 1 aromatic rings. The summed E-state index contributed by atoms with van der Waals surface area (Å²) in [5.41, 5.74) is -0.0356. The van der Waals surface area contributed by atoms with Gasteiger partial charge in [-0.1, -0.05) is 12.1 Å². The molecule has 0 aliphatic carbocycles. The quantitative estimate of drug-likeness (QED) is 0.596. The van der Waals surface area contributed by atoms with E-state index in [1.165, 1.54) is 24.3 Å². The predicted octanol–water partition coefficient (Wildman–Crippen LogP) is 2.93. The number of para-hydroxylation sites is 1. The second-order valence-electron chi connectivity index (χ2n) is 6.85. The molecule has 1 N–H and O–H groups in total. The van der Waals surface area contributed by atoms with Gasteiger partial charge in [-0.2, -0.15) is 13.2 Å². The number of hydrogen-bond donors (Lipinski definition) is 1. The smallest absolute Gasteiger partial charge is 0.348 e. The Hall–Kier alpha value is -1.91. The number of rotatable bonds is 6. The van der Waals surface area contributed by atoms with Gasteiger partial charge in [0.05, 0.1) is 11.3 Å². The van der Waals surface area contributed by atoms with Crippen LogP contribution in [0.2, 0.25) is 0 Å². The summed E-state index contributed by atoms with van der Waals surface area (Å²) in [6.07, 6.45) is -7.32. The number of carbonyl (C=O) groups excluding carboxylic acids is 1. The van der Waals surface area contributed by atoms with E-state index in [-0.39, 0.29) is 23.3 Å². The molecule has 1 aliphatic rings. The number of carbonyl (C=O) groups is 1. The Morgan fingerprint density at radius 1 is 1.33 bits per heavy atom. The van der Waals surface area contributed by atoms with Crippen molar-refractivity contribution in [3.8, 4) is 0 Å². The minimum absolute atomic E-state index is 0.0182. The molecular weight excluding hydrogens is 368 g/mol. The van der Waals surface area contributed by atoms with E-state index in [1.54, 1.807) is 6.92 Å². The molecule has 27 heavy (non-hydrogen) atoms. The maximum absolute atomic E-state index is 13.4. The summed E-state index contributed by atoms with van der Waals surface area (Å²) in [5.74, 6) is -0.534. The van der Waals surface area contributed by atoms with Crippen LogP contribution in [0.25, 0.3) is 0 Å². The van der Waals surface area contributed by atoms with Crippen LogP contribution in [0.4, 0.5) is 23.3 Å². The van der Waals surface area contributed by atoms with E-state index in [2.05, 4.69) is 10.2 Å². The molecule has 6 nitrogen and oxygen atoms in total. The molecule has 1 unspecified atom stereocenters. The van der Waals surface area contributed by atoms with E-state index < -0.39 is 30.3 Å². The van der Waals surface area contributed by atoms with Crippen LogP contribution in [-0.2, 0) is 4.84 Å². The molecule has 1 fully saturated rings. The normalized spacial score (nSPS) is 19.8. The van der Waals surface area contributed by atoms with E-state index >= 15 is 0 Å². The van der Waals surface area contributed by atoms with Gasteiger partial charge in [0.15, 0.2) is 0 Å². The van der Waals surface area contributed by atoms with Crippen molar-refractivity contribution in [1.29, 1.82) is 0 Å². The second kappa shape index (κ2) is 8.41. The fraction of sp³-hybridized carbons (Fsp3) is 0.588. The third kappa shape index (κ3) is 5.30. The van der Waals surface area contributed by atoms with Gasteiger partial charge in [0.2, 0.25) is 0 Å². The van der Waals surface area contributed by atoms with Crippen molar-refractivity contribution < 1.29 is 27.3 Å². The molecule has 2 atom stereocenters. The first-order valence-electron chi connectivity index (χ1n) is 8.54. The summed E-state index contributed by atoms with van der Waals surface area (Å²) in [7, 11) is 1.91. The topological polar surface area (TPSA) is 48.1 Å². The van der Waals surface area contributed by atoms with Crippen LogP contribution in [0.3, 0.4) is 0 Å². The average molecular weight is 392 g/mol. The van der Waals surface area contributed by atoms with Crippen LogP contribution in [0.15, 0.2) is 24.3 Å². The maximum Gasteiger partial charge on any atom is 0.435 e. The lowest BCUT2D eigenvalue weighted by molar-refractivity contribution is -0.319. The standard InChI is InChI=1S/C17H24F4N4O2/c1-11(2)23(4)9-12(3)22-15(26)13-7-5-6-8-14(13)24-10-25(21)27-16(24)17(18,19)20/h5-8,11-12,16H,9-10H2,1-4H3,(H,22,26)/t12?,16-/m1/s1. The van der Waals surface area contributed by atoms with Crippen LogP contribution in [-0.4, -0.2) is 60.8 Å². The number of nitrogens with one attached hydrogen (secondary N) is 1. The van der Waals surface area contributed by atoms with E-state index in [1.807, 2.05) is 25.8 Å². The first-order valence-corrected chi connectivity index (χ1v) is 8.54.